The van der Waals surface area contributed by atoms with E-state index < -0.39 is 5.92 Å². The smallest absolute Gasteiger partial charge is 0.254 e. The van der Waals surface area contributed by atoms with E-state index in [9.17, 15) is 9.59 Å². The van der Waals surface area contributed by atoms with Crippen LogP contribution < -0.4 is 20.1 Å². The number of Topliss-reactive ketones (excluding diaryl/α,β-unsaturated/α-hetero) is 1. The van der Waals surface area contributed by atoms with Gasteiger partial charge in [-0.2, -0.15) is 0 Å². The van der Waals surface area contributed by atoms with Crippen LogP contribution in [0.2, 0.25) is 0 Å². The topological polar surface area (TPSA) is 76.7 Å². The molecule has 1 atom stereocenters. The van der Waals surface area contributed by atoms with Gasteiger partial charge in [0.2, 0.25) is 0 Å². The van der Waals surface area contributed by atoms with Crippen molar-refractivity contribution in [3.8, 4) is 11.5 Å². The summed E-state index contributed by atoms with van der Waals surface area (Å²) in [5, 5.41) is 6.45. The van der Waals surface area contributed by atoms with Crippen LogP contribution in [0.25, 0.3) is 0 Å². The Balaban J connectivity index is 1.54. The number of carbonyl (C=O) groups excluding carboxylic acids is 2. The number of para-hydroxylation sites is 2. The lowest BCUT2D eigenvalue weighted by atomic mass is 9.68. The Labute approximate surface area is 229 Å². The van der Waals surface area contributed by atoms with Crippen LogP contribution in [0.4, 0.5) is 5.69 Å². The molecule has 0 fully saturated rings. The monoisotopic (exact) mass is 522 g/mol. The molecular formula is C33H34N2O4. The van der Waals surface area contributed by atoms with Crippen molar-refractivity contribution in [1.82, 2.24) is 5.32 Å². The maximum atomic E-state index is 13.9. The SMILES string of the molecule is COc1ccccc1NC(=O)C1=C(C)NC2=C(C(=O)CC(C)(C)C2)[C@@H]1c1cccc(OCc2ccccc2)c1. The molecule has 3 aromatic carbocycles. The summed E-state index contributed by atoms with van der Waals surface area (Å²) >= 11 is 0. The minimum absolute atomic E-state index is 0.0597. The molecule has 0 unspecified atom stereocenters. The number of ether oxygens (including phenoxy) is 2. The first-order valence-electron chi connectivity index (χ1n) is 13.2. The predicted molar refractivity (Wildman–Crippen MR) is 152 cm³/mol. The van der Waals surface area contributed by atoms with E-state index in [1.54, 1.807) is 19.2 Å². The molecule has 1 aliphatic heterocycles. The standard InChI is InChI=1S/C33H34N2O4/c1-21-29(32(37)35-25-15-8-9-16-28(25)38-4)30(31-26(34-21)18-33(2,3)19-27(31)36)23-13-10-14-24(17-23)39-20-22-11-6-5-7-12-22/h5-17,30,34H,18-20H2,1-4H3,(H,35,37)/t30-/m1/s1. The van der Waals surface area contributed by atoms with Gasteiger partial charge in [-0.05, 0) is 54.2 Å². The van der Waals surface area contributed by atoms with Gasteiger partial charge in [0.1, 0.15) is 18.1 Å². The van der Waals surface area contributed by atoms with Gasteiger partial charge in [-0.3, -0.25) is 9.59 Å². The molecule has 0 bridgehead atoms. The molecule has 0 aromatic heterocycles. The second kappa shape index (κ2) is 10.8. The average molecular weight is 523 g/mol. The Morgan fingerprint density at radius 3 is 2.51 bits per heavy atom. The predicted octanol–water partition coefficient (Wildman–Crippen LogP) is 6.52. The number of hydrogen-bond acceptors (Lipinski definition) is 5. The molecule has 0 saturated heterocycles. The van der Waals surface area contributed by atoms with Gasteiger partial charge in [0, 0.05) is 34.9 Å². The van der Waals surface area contributed by atoms with Gasteiger partial charge in [0.15, 0.2) is 5.78 Å². The lowest BCUT2D eigenvalue weighted by Gasteiger charge is -2.39. The molecule has 3 aromatic rings. The number of carbonyl (C=O) groups is 2. The summed E-state index contributed by atoms with van der Waals surface area (Å²) in [6.45, 7) is 6.53. The van der Waals surface area contributed by atoms with Crippen LogP contribution in [0.15, 0.2) is 101 Å². The number of anilines is 1. The Kier molecular flexibility index (Phi) is 7.29. The first-order valence-corrected chi connectivity index (χ1v) is 13.2. The van der Waals surface area contributed by atoms with Gasteiger partial charge >= 0.3 is 0 Å². The van der Waals surface area contributed by atoms with Crippen molar-refractivity contribution in [3.63, 3.8) is 0 Å². The Morgan fingerprint density at radius 1 is 1.00 bits per heavy atom. The third-order valence-corrected chi connectivity index (χ3v) is 7.28. The van der Waals surface area contributed by atoms with E-state index in [0.29, 0.717) is 41.4 Å². The minimum atomic E-state index is -0.528. The molecule has 6 nitrogen and oxygen atoms in total. The number of benzene rings is 3. The van der Waals surface area contributed by atoms with Gasteiger partial charge < -0.3 is 20.1 Å². The first-order chi connectivity index (χ1) is 18.8. The van der Waals surface area contributed by atoms with Crippen molar-refractivity contribution in [1.29, 1.82) is 0 Å². The molecule has 5 rings (SSSR count). The minimum Gasteiger partial charge on any atom is -0.495 e. The van der Waals surface area contributed by atoms with Crippen LogP contribution in [0.5, 0.6) is 11.5 Å². The molecule has 1 heterocycles. The van der Waals surface area contributed by atoms with E-state index in [1.807, 2.05) is 73.7 Å². The molecule has 0 radical (unpaired) electrons. The van der Waals surface area contributed by atoms with Crippen molar-refractivity contribution in [2.45, 2.75) is 46.1 Å². The zero-order chi connectivity index (χ0) is 27.6. The van der Waals surface area contributed by atoms with Gasteiger partial charge in [0.05, 0.1) is 12.8 Å². The van der Waals surface area contributed by atoms with Gasteiger partial charge in [-0.1, -0.05) is 68.4 Å². The molecule has 1 aliphatic carbocycles. The molecule has 200 valence electrons. The fourth-order valence-corrected chi connectivity index (χ4v) is 5.53. The third-order valence-electron chi connectivity index (χ3n) is 7.28. The van der Waals surface area contributed by atoms with Gasteiger partial charge in [-0.25, -0.2) is 0 Å². The number of nitrogens with one attached hydrogen (secondary N) is 2. The molecular weight excluding hydrogens is 488 g/mol. The number of ketones is 1. The second-order valence-electron chi connectivity index (χ2n) is 10.9. The number of rotatable bonds is 7. The van der Waals surface area contributed by atoms with E-state index in [0.717, 1.165) is 28.9 Å². The number of methoxy groups -OCH3 is 1. The van der Waals surface area contributed by atoms with Crippen molar-refractivity contribution in [2.75, 3.05) is 12.4 Å². The highest BCUT2D eigenvalue weighted by Crippen LogP contribution is 2.47. The molecule has 0 spiro atoms. The van der Waals surface area contributed by atoms with Crippen LogP contribution >= 0.6 is 0 Å². The van der Waals surface area contributed by atoms with Crippen molar-refractivity contribution >= 4 is 17.4 Å². The second-order valence-corrected chi connectivity index (χ2v) is 10.9. The summed E-state index contributed by atoms with van der Waals surface area (Å²) in [6, 6.07) is 25.0. The Morgan fingerprint density at radius 2 is 1.74 bits per heavy atom. The van der Waals surface area contributed by atoms with Crippen LogP contribution in [-0.4, -0.2) is 18.8 Å². The van der Waals surface area contributed by atoms with Crippen molar-refractivity contribution in [2.24, 2.45) is 5.41 Å². The van der Waals surface area contributed by atoms with E-state index in [-0.39, 0.29) is 17.1 Å². The van der Waals surface area contributed by atoms with E-state index >= 15 is 0 Å². The fourth-order valence-electron chi connectivity index (χ4n) is 5.53. The number of amides is 1. The highest BCUT2D eigenvalue weighted by molar-refractivity contribution is 6.10. The number of allylic oxidation sites excluding steroid dienone is 3. The Bertz CT molecular complexity index is 1470. The lowest BCUT2D eigenvalue weighted by molar-refractivity contribution is -0.118. The fraction of sp³-hybridized carbons (Fsp3) is 0.273. The number of hydrogen-bond donors (Lipinski definition) is 2. The largest absolute Gasteiger partial charge is 0.495 e. The van der Waals surface area contributed by atoms with E-state index in [4.69, 9.17) is 9.47 Å². The van der Waals surface area contributed by atoms with E-state index in [1.165, 1.54) is 0 Å². The lowest BCUT2D eigenvalue weighted by Crippen LogP contribution is -2.39. The highest BCUT2D eigenvalue weighted by atomic mass is 16.5. The van der Waals surface area contributed by atoms with Crippen molar-refractivity contribution in [3.05, 3.63) is 113 Å². The van der Waals surface area contributed by atoms with Crippen molar-refractivity contribution < 1.29 is 19.1 Å². The van der Waals surface area contributed by atoms with Gasteiger partial charge in [-0.15, -0.1) is 0 Å². The summed E-state index contributed by atoms with van der Waals surface area (Å²) in [5.41, 5.74) is 5.10. The molecule has 1 amide bonds. The third kappa shape index (κ3) is 5.60. The van der Waals surface area contributed by atoms with E-state index in [2.05, 4.69) is 24.5 Å². The number of dihydropyridines is 1. The van der Waals surface area contributed by atoms with Crippen LogP contribution in [-0.2, 0) is 16.2 Å². The maximum Gasteiger partial charge on any atom is 0.254 e. The van der Waals surface area contributed by atoms with Crippen LogP contribution in [0.3, 0.4) is 0 Å². The first kappa shape index (κ1) is 26.3. The average Bonchev–Trinajstić information content (AvgIpc) is 2.91. The summed E-state index contributed by atoms with van der Waals surface area (Å²) in [4.78, 5) is 27.6. The summed E-state index contributed by atoms with van der Waals surface area (Å²) in [6.07, 6.45) is 1.15. The zero-order valence-corrected chi connectivity index (χ0v) is 22.8. The zero-order valence-electron chi connectivity index (χ0n) is 22.8. The molecule has 2 aliphatic rings. The molecule has 39 heavy (non-hydrogen) atoms. The Hall–Kier alpha value is -4.32. The van der Waals surface area contributed by atoms with Crippen LogP contribution in [0, 0.1) is 5.41 Å². The van der Waals surface area contributed by atoms with Crippen LogP contribution in [0.1, 0.15) is 50.7 Å². The molecule has 0 saturated carbocycles. The van der Waals surface area contributed by atoms with Gasteiger partial charge in [0.25, 0.3) is 5.91 Å². The summed E-state index contributed by atoms with van der Waals surface area (Å²) in [7, 11) is 1.57. The normalized spacial score (nSPS) is 18.3. The highest BCUT2D eigenvalue weighted by Gasteiger charge is 2.42. The summed E-state index contributed by atoms with van der Waals surface area (Å²) in [5.74, 6) is 0.498. The maximum absolute atomic E-state index is 13.9. The molecule has 6 heteroatoms. The summed E-state index contributed by atoms with van der Waals surface area (Å²) < 4.78 is 11.6. The molecule has 2 N–H and O–H groups in total. The quantitative estimate of drug-likeness (QED) is 0.370.